The number of hydrogen-bond donors (Lipinski definition) is 2. The number of nitrogens with two attached hydrogens (primary N) is 1. The summed E-state index contributed by atoms with van der Waals surface area (Å²) < 4.78 is 1.36. The molecule has 2 rings (SSSR count). The molecule has 0 fully saturated rings. The Morgan fingerprint density at radius 3 is 2.28 bits per heavy atom. The Balaban J connectivity index is 2.29. The lowest BCUT2D eigenvalue weighted by Gasteiger charge is -2.24. The molecule has 32 heavy (non-hydrogen) atoms. The van der Waals surface area contributed by atoms with Crippen LogP contribution < -0.4 is 26.8 Å². The fourth-order valence-electron chi connectivity index (χ4n) is 3.60. The van der Waals surface area contributed by atoms with Gasteiger partial charge in [-0.3, -0.25) is 19.1 Å². The number of nitrogen functional groups attached to an aromatic ring is 1. The summed E-state index contributed by atoms with van der Waals surface area (Å²) in [4.78, 5) is 44.0. The highest BCUT2D eigenvalue weighted by Gasteiger charge is 2.23. The zero-order valence-electron chi connectivity index (χ0n) is 19.8. The van der Waals surface area contributed by atoms with Crippen LogP contribution in [-0.4, -0.2) is 36.1 Å². The van der Waals surface area contributed by atoms with Crippen molar-refractivity contribution in [1.82, 2.24) is 9.55 Å². The minimum atomic E-state index is -0.611. The van der Waals surface area contributed by atoms with Crippen molar-refractivity contribution in [3.8, 4) is 0 Å². The summed E-state index contributed by atoms with van der Waals surface area (Å²) in [6.45, 7) is 4.89. The van der Waals surface area contributed by atoms with Crippen molar-refractivity contribution in [1.29, 1.82) is 0 Å². The summed E-state index contributed by atoms with van der Waals surface area (Å²) in [5, 5.41) is 0. The minimum Gasteiger partial charge on any atom is -0.383 e. The summed E-state index contributed by atoms with van der Waals surface area (Å²) in [6.07, 6.45) is 5.12. The number of anilines is 3. The van der Waals surface area contributed by atoms with E-state index in [4.69, 9.17) is 5.73 Å². The van der Waals surface area contributed by atoms with E-state index in [2.05, 4.69) is 11.9 Å². The molecule has 0 aliphatic heterocycles. The lowest BCUT2D eigenvalue weighted by atomic mass is 10.1. The molecule has 1 amide bonds. The highest BCUT2D eigenvalue weighted by Crippen LogP contribution is 2.20. The molecule has 0 unspecified atom stereocenters. The summed E-state index contributed by atoms with van der Waals surface area (Å²) in [5.41, 5.74) is 7.35. The van der Waals surface area contributed by atoms with E-state index in [1.807, 2.05) is 50.2 Å². The van der Waals surface area contributed by atoms with Gasteiger partial charge in [0.15, 0.2) is 5.69 Å². The highest BCUT2D eigenvalue weighted by atomic mass is 16.2. The first kappa shape index (κ1) is 25.2. The molecule has 0 bridgehead atoms. The molecule has 176 valence electrons. The number of hydrogen-bond acceptors (Lipinski definition) is 5. The van der Waals surface area contributed by atoms with Crippen molar-refractivity contribution in [3.05, 3.63) is 50.7 Å². The van der Waals surface area contributed by atoms with Gasteiger partial charge < -0.3 is 15.5 Å². The van der Waals surface area contributed by atoms with Crippen LogP contribution in [0.2, 0.25) is 0 Å². The van der Waals surface area contributed by atoms with Crippen molar-refractivity contribution in [2.75, 3.05) is 36.2 Å². The van der Waals surface area contributed by atoms with E-state index in [9.17, 15) is 14.4 Å². The average molecular weight is 444 g/mol. The van der Waals surface area contributed by atoms with Gasteiger partial charge in [-0.05, 0) is 37.0 Å². The Morgan fingerprint density at radius 1 is 1.03 bits per heavy atom. The van der Waals surface area contributed by atoms with Crippen LogP contribution in [0.5, 0.6) is 0 Å². The molecule has 0 saturated carbocycles. The monoisotopic (exact) mass is 443 g/mol. The number of nitrogens with zero attached hydrogens (tertiary/aromatic N) is 3. The molecule has 3 N–H and O–H groups in total. The van der Waals surface area contributed by atoms with Gasteiger partial charge >= 0.3 is 5.69 Å². The van der Waals surface area contributed by atoms with E-state index < -0.39 is 11.2 Å². The van der Waals surface area contributed by atoms with Crippen molar-refractivity contribution in [2.24, 2.45) is 0 Å². The second kappa shape index (κ2) is 12.1. The predicted octanol–water partition coefficient (Wildman–Crippen LogP) is 3.14. The third kappa shape index (κ3) is 6.48. The summed E-state index contributed by atoms with van der Waals surface area (Å²) in [6, 6.07) is 8.06. The van der Waals surface area contributed by atoms with E-state index >= 15 is 0 Å². The third-order valence-corrected chi connectivity index (χ3v) is 5.59. The van der Waals surface area contributed by atoms with Crippen LogP contribution in [0.25, 0.3) is 0 Å². The number of rotatable bonds is 12. The van der Waals surface area contributed by atoms with Crippen LogP contribution in [-0.2, 0) is 17.8 Å². The van der Waals surface area contributed by atoms with Gasteiger partial charge in [-0.2, -0.15) is 0 Å². The number of aromatic nitrogens is 2. The van der Waals surface area contributed by atoms with E-state index in [0.717, 1.165) is 43.4 Å². The van der Waals surface area contributed by atoms with E-state index in [0.29, 0.717) is 19.5 Å². The Kier molecular flexibility index (Phi) is 9.56. The van der Waals surface area contributed by atoms with Gasteiger partial charge in [-0.15, -0.1) is 0 Å². The van der Waals surface area contributed by atoms with Crippen LogP contribution in [0.1, 0.15) is 57.9 Å². The topological polar surface area (TPSA) is 104 Å². The Hall–Kier alpha value is -3.03. The van der Waals surface area contributed by atoms with E-state index in [1.165, 1.54) is 9.47 Å². The van der Waals surface area contributed by atoms with Crippen molar-refractivity contribution >= 4 is 23.1 Å². The Morgan fingerprint density at radius 2 is 1.69 bits per heavy atom. The van der Waals surface area contributed by atoms with Crippen LogP contribution in [0.15, 0.2) is 33.9 Å². The summed E-state index contributed by atoms with van der Waals surface area (Å²) in [5.74, 6) is -0.108. The van der Waals surface area contributed by atoms with Gasteiger partial charge in [-0.25, -0.2) is 4.79 Å². The van der Waals surface area contributed by atoms with Crippen LogP contribution in [0.4, 0.5) is 17.2 Å². The fourth-order valence-corrected chi connectivity index (χ4v) is 3.60. The number of aryl methyl sites for hydroxylation is 1. The number of benzene rings is 1. The molecule has 0 saturated heterocycles. The molecule has 1 aromatic heterocycles. The maximum absolute atomic E-state index is 13.2. The van der Waals surface area contributed by atoms with Crippen molar-refractivity contribution in [2.45, 2.75) is 65.3 Å². The predicted molar refractivity (Wildman–Crippen MR) is 132 cm³/mol. The summed E-state index contributed by atoms with van der Waals surface area (Å²) in [7, 11) is 3.96. The van der Waals surface area contributed by atoms with Crippen LogP contribution >= 0.6 is 0 Å². The zero-order valence-corrected chi connectivity index (χ0v) is 19.8. The maximum atomic E-state index is 13.2. The number of amides is 1. The van der Waals surface area contributed by atoms with Gasteiger partial charge in [0.05, 0.1) is 0 Å². The summed E-state index contributed by atoms with van der Waals surface area (Å²) >= 11 is 0. The smallest absolute Gasteiger partial charge is 0.330 e. The Bertz CT molecular complexity index is 992. The highest BCUT2D eigenvalue weighted by molar-refractivity contribution is 5.95. The maximum Gasteiger partial charge on any atom is 0.330 e. The van der Waals surface area contributed by atoms with Gasteiger partial charge in [0.1, 0.15) is 5.82 Å². The van der Waals surface area contributed by atoms with E-state index in [-0.39, 0.29) is 23.8 Å². The molecular weight excluding hydrogens is 406 g/mol. The second-order valence-electron chi connectivity index (χ2n) is 8.31. The number of unbranched alkanes of at least 4 members (excludes halogenated alkanes) is 3. The molecular formula is C24H37N5O3. The first-order valence-electron chi connectivity index (χ1n) is 11.5. The third-order valence-electron chi connectivity index (χ3n) is 5.59. The molecule has 1 heterocycles. The SMILES string of the molecule is CCCCCN(C(=O)CCc1ccc(N(C)C)cc1)c1c(N)n(CCCC)c(=O)[nH]c1=O. The first-order valence-corrected chi connectivity index (χ1v) is 11.5. The van der Waals surface area contributed by atoms with Gasteiger partial charge in [0.2, 0.25) is 5.91 Å². The average Bonchev–Trinajstić information content (AvgIpc) is 2.76. The zero-order chi connectivity index (χ0) is 23.7. The number of H-pyrrole nitrogens is 1. The minimum absolute atomic E-state index is 0.0624. The molecule has 8 nitrogen and oxygen atoms in total. The number of nitrogens with one attached hydrogen (secondary N) is 1. The Labute approximate surface area is 190 Å². The number of aromatic amines is 1. The van der Waals surface area contributed by atoms with Gasteiger partial charge in [-0.1, -0.05) is 45.2 Å². The molecule has 2 aromatic rings. The largest absolute Gasteiger partial charge is 0.383 e. The standard InChI is InChI=1S/C24H37N5O3/c1-5-7-9-17-28(20(30)15-12-18-10-13-19(14-11-18)27(3)4)21-22(25)29(16-8-6-2)24(32)26-23(21)31/h10-11,13-14H,5-9,12,15-17,25H2,1-4H3,(H,26,31,32). The molecule has 0 radical (unpaired) electrons. The normalized spacial score (nSPS) is 10.9. The van der Waals surface area contributed by atoms with Crippen molar-refractivity contribution in [3.63, 3.8) is 0 Å². The van der Waals surface area contributed by atoms with Gasteiger partial charge in [0.25, 0.3) is 5.56 Å². The van der Waals surface area contributed by atoms with Gasteiger partial charge in [0, 0.05) is 39.3 Å². The van der Waals surface area contributed by atoms with E-state index in [1.54, 1.807) is 0 Å². The second-order valence-corrected chi connectivity index (χ2v) is 8.31. The molecule has 0 aliphatic carbocycles. The van der Waals surface area contributed by atoms with Crippen LogP contribution in [0, 0.1) is 0 Å². The van der Waals surface area contributed by atoms with Crippen molar-refractivity contribution < 1.29 is 4.79 Å². The molecule has 0 atom stereocenters. The number of carbonyl (C=O) groups excluding carboxylic acids is 1. The quantitative estimate of drug-likeness (QED) is 0.491. The lowest BCUT2D eigenvalue weighted by molar-refractivity contribution is -0.118. The first-order chi connectivity index (χ1) is 15.3. The molecule has 1 aromatic carbocycles. The lowest BCUT2D eigenvalue weighted by Crippen LogP contribution is -2.41. The molecule has 0 spiro atoms. The molecule has 8 heteroatoms. The van der Waals surface area contributed by atoms with Crippen LogP contribution in [0.3, 0.4) is 0 Å². The number of carbonyl (C=O) groups is 1. The fraction of sp³-hybridized carbons (Fsp3) is 0.542. The molecule has 0 aliphatic rings.